The first-order valence-corrected chi connectivity index (χ1v) is 13.7. The summed E-state index contributed by atoms with van der Waals surface area (Å²) in [6.45, 7) is 7.38. The second-order valence-corrected chi connectivity index (χ2v) is 10.6. The van der Waals surface area contributed by atoms with Crippen molar-refractivity contribution in [1.29, 1.82) is 0 Å². The van der Waals surface area contributed by atoms with Crippen LogP contribution in [-0.2, 0) is 26.0 Å². The quantitative estimate of drug-likeness (QED) is 0.511. The van der Waals surface area contributed by atoms with Crippen LogP contribution in [0.15, 0.2) is 53.4 Å². The van der Waals surface area contributed by atoms with Gasteiger partial charge in [0.1, 0.15) is 11.6 Å². The van der Waals surface area contributed by atoms with E-state index < -0.39 is 15.8 Å². The van der Waals surface area contributed by atoms with E-state index in [0.29, 0.717) is 42.9 Å². The maximum Gasteiger partial charge on any atom is 0.322 e. The fourth-order valence-corrected chi connectivity index (χ4v) is 5.81. The summed E-state index contributed by atoms with van der Waals surface area (Å²) in [5.41, 5.74) is 1.62. The highest BCUT2D eigenvalue weighted by Crippen LogP contribution is 2.35. The average molecular weight is 514 g/mol. The molecule has 2 N–H and O–H groups in total. The topological polar surface area (TPSA) is 122 Å². The van der Waals surface area contributed by atoms with E-state index in [1.165, 1.54) is 6.07 Å². The van der Waals surface area contributed by atoms with Gasteiger partial charge in [0.15, 0.2) is 5.79 Å². The molecule has 0 unspecified atom stereocenters. The van der Waals surface area contributed by atoms with Gasteiger partial charge in [-0.2, -0.15) is 0 Å². The van der Waals surface area contributed by atoms with Crippen molar-refractivity contribution >= 4 is 15.7 Å². The molecule has 3 aromatic rings. The van der Waals surface area contributed by atoms with Crippen LogP contribution in [0.5, 0.6) is 11.8 Å². The highest BCUT2D eigenvalue weighted by Gasteiger charge is 2.39. The standard InChI is InChI=1S/C25H31N5O5S/c1-3-30-23(18(2)21-9-4-5-10-22(21)36(26,31)32)27-28-24(30)35-20-8-6-7-19(17-20)29-13-11-25(12-14-29)33-15-16-34-25/h4-10,17-18H,3,11-16H2,1-2H3,(H2,26,31,32)/t18-/m1/s1. The molecule has 1 atom stereocenters. The van der Waals surface area contributed by atoms with Crippen LogP contribution in [0.25, 0.3) is 0 Å². The number of primary sulfonamides is 1. The number of anilines is 1. The molecule has 1 aromatic heterocycles. The summed E-state index contributed by atoms with van der Waals surface area (Å²) >= 11 is 0. The Morgan fingerprint density at radius 1 is 1.08 bits per heavy atom. The lowest BCUT2D eigenvalue weighted by Gasteiger charge is -2.38. The van der Waals surface area contributed by atoms with Crippen molar-refractivity contribution in [2.45, 2.75) is 49.8 Å². The first-order chi connectivity index (χ1) is 17.3. The van der Waals surface area contributed by atoms with Crippen molar-refractivity contribution < 1.29 is 22.6 Å². The van der Waals surface area contributed by atoms with Gasteiger partial charge in [-0.15, -0.1) is 5.10 Å². The molecule has 3 heterocycles. The number of ether oxygens (including phenoxy) is 3. The van der Waals surface area contributed by atoms with E-state index >= 15 is 0 Å². The number of sulfonamides is 1. The third-order valence-corrected chi connectivity index (χ3v) is 7.86. The molecule has 2 saturated heterocycles. The van der Waals surface area contributed by atoms with Crippen molar-refractivity contribution in [2.75, 3.05) is 31.2 Å². The Balaban J connectivity index is 1.35. The number of benzene rings is 2. The highest BCUT2D eigenvalue weighted by molar-refractivity contribution is 7.89. The molecule has 0 bridgehead atoms. The molecule has 192 valence electrons. The largest absolute Gasteiger partial charge is 0.424 e. The fourth-order valence-electron chi connectivity index (χ4n) is 4.97. The predicted molar refractivity (Wildman–Crippen MR) is 134 cm³/mol. The van der Waals surface area contributed by atoms with Gasteiger partial charge in [0.2, 0.25) is 10.0 Å². The SMILES string of the molecule is CCn1c(Oc2cccc(N3CCC4(CC3)OCCO4)c2)nnc1[C@H](C)c1ccccc1S(N)(=O)=O. The van der Waals surface area contributed by atoms with Gasteiger partial charge in [-0.25, -0.2) is 13.6 Å². The van der Waals surface area contributed by atoms with E-state index in [2.05, 4.69) is 21.2 Å². The average Bonchev–Trinajstić information content (AvgIpc) is 3.50. The van der Waals surface area contributed by atoms with Gasteiger partial charge in [-0.05, 0) is 30.7 Å². The molecule has 0 radical (unpaired) electrons. The predicted octanol–water partition coefficient (Wildman–Crippen LogP) is 3.23. The minimum absolute atomic E-state index is 0.0787. The summed E-state index contributed by atoms with van der Waals surface area (Å²) in [7, 11) is -3.88. The Kier molecular flexibility index (Phi) is 6.73. The van der Waals surface area contributed by atoms with E-state index in [0.717, 1.165) is 31.6 Å². The molecule has 1 spiro atoms. The fraction of sp³-hybridized carbons (Fsp3) is 0.440. The molecule has 2 fully saturated rings. The minimum Gasteiger partial charge on any atom is -0.424 e. The van der Waals surface area contributed by atoms with Crippen LogP contribution in [0.1, 0.15) is 44.0 Å². The van der Waals surface area contributed by atoms with Gasteiger partial charge < -0.3 is 19.1 Å². The summed E-state index contributed by atoms with van der Waals surface area (Å²) in [4.78, 5) is 2.38. The molecule has 2 aliphatic rings. The third kappa shape index (κ3) is 4.83. The van der Waals surface area contributed by atoms with E-state index in [1.54, 1.807) is 18.2 Å². The number of rotatable bonds is 7. The number of hydrogen-bond donors (Lipinski definition) is 1. The number of aromatic nitrogens is 3. The van der Waals surface area contributed by atoms with Crippen molar-refractivity contribution in [2.24, 2.45) is 5.14 Å². The summed E-state index contributed by atoms with van der Waals surface area (Å²) < 4.78 is 43.9. The first kappa shape index (κ1) is 24.7. The zero-order chi connectivity index (χ0) is 25.3. The summed E-state index contributed by atoms with van der Waals surface area (Å²) in [6, 6.07) is 14.9. The zero-order valence-electron chi connectivity index (χ0n) is 20.5. The monoisotopic (exact) mass is 513 g/mol. The molecule has 2 aromatic carbocycles. The molecular formula is C25H31N5O5S. The summed E-state index contributed by atoms with van der Waals surface area (Å²) in [6.07, 6.45) is 1.65. The highest BCUT2D eigenvalue weighted by atomic mass is 32.2. The van der Waals surface area contributed by atoms with Gasteiger partial charge in [0.25, 0.3) is 0 Å². The van der Waals surface area contributed by atoms with E-state index in [9.17, 15) is 8.42 Å². The van der Waals surface area contributed by atoms with Crippen molar-refractivity contribution in [3.05, 3.63) is 59.9 Å². The Hall–Kier alpha value is -2.99. The maximum atomic E-state index is 12.1. The van der Waals surface area contributed by atoms with Crippen LogP contribution in [0.3, 0.4) is 0 Å². The van der Waals surface area contributed by atoms with Crippen LogP contribution < -0.4 is 14.8 Å². The van der Waals surface area contributed by atoms with Gasteiger partial charge >= 0.3 is 6.01 Å². The lowest BCUT2D eigenvalue weighted by molar-refractivity contribution is -0.169. The second kappa shape index (κ2) is 9.81. The van der Waals surface area contributed by atoms with Gasteiger partial charge in [0.05, 0.1) is 18.1 Å². The molecular weight excluding hydrogens is 482 g/mol. The van der Waals surface area contributed by atoms with Crippen molar-refractivity contribution in [3.8, 4) is 11.8 Å². The zero-order valence-corrected chi connectivity index (χ0v) is 21.3. The Labute approximate surface area is 211 Å². The molecule has 0 saturated carbocycles. The van der Waals surface area contributed by atoms with E-state index in [-0.39, 0.29) is 10.8 Å². The minimum atomic E-state index is -3.88. The Bertz CT molecular complexity index is 1330. The van der Waals surface area contributed by atoms with Gasteiger partial charge in [-0.3, -0.25) is 4.57 Å². The summed E-state index contributed by atoms with van der Waals surface area (Å²) in [5.74, 6) is 0.457. The number of nitrogens with zero attached hydrogens (tertiary/aromatic N) is 4. The molecule has 0 amide bonds. The molecule has 10 nitrogen and oxygen atoms in total. The number of hydrogen-bond acceptors (Lipinski definition) is 8. The van der Waals surface area contributed by atoms with E-state index in [4.69, 9.17) is 19.3 Å². The second-order valence-electron chi connectivity index (χ2n) is 9.08. The van der Waals surface area contributed by atoms with Gasteiger partial charge in [-0.1, -0.05) is 36.3 Å². The first-order valence-electron chi connectivity index (χ1n) is 12.2. The van der Waals surface area contributed by atoms with Crippen LogP contribution in [0.2, 0.25) is 0 Å². The summed E-state index contributed by atoms with van der Waals surface area (Å²) in [5, 5.41) is 14.1. The molecule has 11 heteroatoms. The smallest absolute Gasteiger partial charge is 0.322 e. The number of nitrogens with two attached hydrogens (primary N) is 1. The lowest BCUT2D eigenvalue weighted by atomic mass is 10.0. The van der Waals surface area contributed by atoms with Crippen LogP contribution in [0.4, 0.5) is 5.69 Å². The van der Waals surface area contributed by atoms with Crippen molar-refractivity contribution in [1.82, 2.24) is 14.8 Å². The van der Waals surface area contributed by atoms with Crippen LogP contribution in [0, 0.1) is 0 Å². The van der Waals surface area contributed by atoms with Crippen LogP contribution >= 0.6 is 0 Å². The van der Waals surface area contributed by atoms with E-state index in [1.807, 2.05) is 36.6 Å². The number of piperidine rings is 1. The molecule has 36 heavy (non-hydrogen) atoms. The Morgan fingerprint density at radius 3 is 2.50 bits per heavy atom. The normalized spacial score (nSPS) is 18.5. The molecule has 5 rings (SSSR count). The Morgan fingerprint density at radius 2 is 1.81 bits per heavy atom. The van der Waals surface area contributed by atoms with Crippen molar-refractivity contribution in [3.63, 3.8) is 0 Å². The lowest BCUT2D eigenvalue weighted by Crippen LogP contribution is -2.45. The third-order valence-electron chi connectivity index (χ3n) is 6.87. The molecule has 0 aliphatic carbocycles. The van der Waals surface area contributed by atoms with Gasteiger partial charge in [0, 0.05) is 50.1 Å². The maximum absolute atomic E-state index is 12.1. The molecule has 2 aliphatic heterocycles. The van der Waals surface area contributed by atoms with Crippen LogP contribution in [-0.4, -0.2) is 55.3 Å².